The lowest BCUT2D eigenvalue weighted by molar-refractivity contribution is 0.583. The zero-order valence-electron chi connectivity index (χ0n) is 10.1. The molecule has 0 saturated carbocycles. The maximum atomic E-state index is 11.5. The molecular weight excluding hydrogens is 234 g/mol. The van der Waals surface area contributed by atoms with Gasteiger partial charge in [0.2, 0.25) is 0 Å². The minimum absolute atomic E-state index is 0.244. The first kappa shape index (κ1) is 12.4. The van der Waals surface area contributed by atoms with Gasteiger partial charge in [-0.1, -0.05) is 13.0 Å². The smallest absolute Gasteiger partial charge is 0.150 e. The highest BCUT2D eigenvalue weighted by Crippen LogP contribution is 2.36. The van der Waals surface area contributed by atoms with Gasteiger partial charge in [0.1, 0.15) is 9.84 Å². The molecule has 0 aromatic heterocycles. The average Bonchev–Trinajstić information content (AvgIpc) is 2.69. The molecular formula is C13H19NO2S. The molecule has 0 spiro atoms. The highest BCUT2D eigenvalue weighted by molar-refractivity contribution is 7.91. The number of hydrogen-bond acceptors (Lipinski definition) is 3. The van der Waals surface area contributed by atoms with Crippen molar-refractivity contribution in [3.63, 3.8) is 0 Å². The van der Waals surface area contributed by atoms with E-state index in [0.29, 0.717) is 11.7 Å². The first-order valence-electron chi connectivity index (χ1n) is 6.10. The molecule has 0 aliphatic heterocycles. The lowest BCUT2D eigenvalue weighted by Crippen LogP contribution is -2.11. The van der Waals surface area contributed by atoms with Crippen LogP contribution in [0.25, 0.3) is 0 Å². The summed E-state index contributed by atoms with van der Waals surface area (Å²) in [5.41, 5.74) is 9.13. The summed E-state index contributed by atoms with van der Waals surface area (Å²) in [5.74, 6) is 0.943. The van der Waals surface area contributed by atoms with Crippen LogP contribution in [0.4, 0.5) is 5.69 Å². The first-order valence-corrected chi connectivity index (χ1v) is 7.92. The van der Waals surface area contributed by atoms with Crippen LogP contribution in [0.2, 0.25) is 0 Å². The summed E-state index contributed by atoms with van der Waals surface area (Å²) in [6, 6.07) is 5.98. The van der Waals surface area contributed by atoms with Gasteiger partial charge in [-0.05, 0) is 48.4 Å². The predicted molar refractivity (Wildman–Crippen MR) is 70.9 cm³/mol. The highest BCUT2D eigenvalue weighted by atomic mass is 32.2. The van der Waals surface area contributed by atoms with E-state index in [1.807, 2.05) is 12.1 Å². The Morgan fingerprint density at radius 3 is 2.88 bits per heavy atom. The summed E-state index contributed by atoms with van der Waals surface area (Å²) < 4.78 is 23.0. The Morgan fingerprint density at radius 2 is 2.18 bits per heavy atom. The third kappa shape index (κ3) is 2.80. The quantitative estimate of drug-likeness (QED) is 0.836. The van der Waals surface area contributed by atoms with E-state index < -0.39 is 9.84 Å². The van der Waals surface area contributed by atoms with Gasteiger partial charge in [0.25, 0.3) is 0 Å². The molecule has 4 heteroatoms. The van der Waals surface area contributed by atoms with Crippen LogP contribution in [0.3, 0.4) is 0 Å². The summed E-state index contributed by atoms with van der Waals surface area (Å²) in [6.45, 7) is 1.71. The normalized spacial score (nSPS) is 19.2. The van der Waals surface area contributed by atoms with Crippen LogP contribution in [-0.2, 0) is 16.3 Å². The molecule has 2 rings (SSSR count). The maximum absolute atomic E-state index is 11.5. The second kappa shape index (κ2) is 4.69. The Hall–Kier alpha value is -1.03. The van der Waals surface area contributed by atoms with Crippen LogP contribution < -0.4 is 5.73 Å². The van der Waals surface area contributed by atoms with Crippen molar-refractivity contribution >= 4 is 15.5 Å². The third-order valence-corrected chi connectivity index (χ3v) is 5.32. The van der Waals surface area contributed by atoms with Crippen molar-refractivity contribution in [1.82, 2.24) is 0 Å². The number of nitrogen functional groups attached to an aromatic ring is 1. The van der Waals surface area contributed by atoms with E-state index in [0.717, 1.165) is 24.9 Å². The van der Waals surface area contributed by atoms with E-state index >= 15 is 0 Å². The van der Waals surface area contributed by atoms with E-state index in [1.165, 1.54) is 11.1 Å². The number of anilines is 1. The molecule has 1 unspecified atom stereocenters. The van der Waals surface area contributed by atoms with Gasteiger partial charge < -0.3 is 5.73 Å². The molecule has 0 radical (unpaired) electrons. The number of benzene rings is 1. The number of nitrogens with two attached hydrogens (primary N) is 1. The van der Waals surface area contributed by atoms with E-state index in [-0.39, 0.29) is 5.75 Å². The van der Waals surface area contributed by atoms with E-state index in [4.69, 9.17) is 5.73 Å². The molecule has 1 atom stereocenters. The van der Waals surface area contributed by atoms with Gasteiger partial charge >= 0.3 is 0 Å². The van der Waals surface area contributed by atoms with Crippen molar-refractivity contribution in [2.24, 2.45) is 0 Å². The second-order valence-electron chi connectivity index (χ2n) is 4.72. The van der Waals surface area contributed by atoms with Crippen molar-refractivity contribution in [1.29, 1.82) is 0 Å². The minimum Gasteiger partial charge on any atom is -0.399 e. The molecule has 3 nitrogen and oxygen atoms in total. The Labute approximate surface area is 103 Å². The largest absolute Gasteiger partial charge is 0.399 e. The standard InChI is InChI=1S/C13H19NO2S/c1-2-17(15,16)8-7-10-3-4-11-9-12(14)5-6-13(10)11/h5-6,9-10H,2-4,7-8,14H2,1H3. The number of fused-ring (bicyclic) bond motifs is 1. The molecule has 94 valence electrons. The molecule has 0 saturated heterocycles. The lowest BCUT2D eigenvalue weighted by atomic mass is 9.99. The molecule has 1 aromatic carbocycles. The Kier molecular flexibility index (Phi) is 3.43. The van der Waals surface area contributed by atoms with Gasteiger partial charge in [-0.3, -0.25) is 0 Å². The third-order valence-electron chi connectivity index (χ3n) is 3.59. The summed E-state index contributed by atoms with van der Waals surface area (Å²) in [4.78, 5) is 0. The van der Waals surface area contributed by atoms with Crippen LogP contribution >= 0.6 is 0 Å². The van der Waals surface area contributed by atoms with Crippen molar-refractivity contribution in [3.8, 4) is 0 Å². The van der Waals surface area contributed by atoms with Crippen LogP contribution in [0.15, 0.2) is 18.2 Å². The fraction of sp³-hybridized carbons (Fsp3) is 0.538. The van der Waals surface area contributed by atoms with E-state index in [9.17, 15) is 8.42 Å². The molecule has 2 N–H and O–H groups in total. The van der Waals surface area contributed by atoms with E-state index in [2.05, 4.69) is 6.07 Å². The first-order chi connectivity index (χ1) is 8.02. The van der Waals surface area contributed by atoms with Gasteiger partial charge in [0, 0.05) is 11.4 Å². The van der Waals surface area contributed by atoms with Crippen molar-refractivity contribution < 1.29 is 8.42 Å². The van der Waals surface area contributed by atoms with Crippen LogP contribution in [0, 0.1) is 0 Å². The predicted octanol–water partition coefficient (Wildman–Crippen LogP) is 2.12. The second-order valence-corrected chi connectivity index (χ2v) is 7.19. The van der Waals surface area contributed by atoms with Crippen molar-refractivity contribution in [3.05, 3.63) is 29.3 Å². The van der Waals surface area contributed by atoms with Gasteiger partial charge in [-0.2, -0.15) is 0 Å². The molecule has 0 amide bonds. The average molecular weight is 253 g/mol. The SMILES string of the molecule is CCS(=O)(=O)CCC1CCc2cc(N)ccc21. The van der Waals surface area contributed by atoms with Crippen molar-refractivity contribution in [2.75, 3.05) is 17.2 Å². The number of sulfone groups is 1. The summed E-state index contributed by atoms with van der Waals surface area (Å²) >= 11 is 0. The van der Waals surface area contributed by atoms with Crippen LogP contribution in [-0.4, -0.2) is 19.9 Å². The fourth-order valence-corrected chi connectivity index (χ4v) is 3.42. The number of hydrogen-bond donors (Lipinski definition) is 1. The summed E-state index contributed by atoms with van der Waals surface area (Å²) in [7, 11) is -2.84. The topological polar surface area (TPSA) is 60.2 Å². The Bertz CT molecular complexity index is 508. The zero-order valence-corrected chi connectivity index (χ0v) is 11.0. The van der Waals surface area contributed by atoms with Crippen LogP contribution in [0.1, 0.15) is 36.8 Å². The monoisotopic (exact) mass is 253 g/mol. The Morgan fingerprint density at radius 1 is 1.41 bits per heavy atom. The van der Waals surface area contributed by atoms with Gasteiger partial charge in [0.05, 0.1) is 5.75 Å². The summed E-state index contributed by atoms with van der Waals surface area (Å²) in [6.07, 6.45) is 2.82. The number of aryl methyl sites for hydroxylation is 1. The minimum atomic E-state index is -2.84. The van der Waals surface area contributed by atoms with Gasteiger partial charge in [-0.15, -0.1) is 0 Å². The molecule has 17 heavy (non-hydrogen) atoms. The molecule has 0 fully saturated rings. The molecule has 1 aliphatic rings. The molecule has 1 aliphatic carbocycles. The molecule has 0 heterocycles. The molecule has 0 bridgehead atoms. The van der Waals surface area contributed by atoms with E-state index in [1.54, 1.807) is 6.92 Å². The van der Waals surface area contributed by atoms with Gasteiger partial charge in [0.15, 0.2) is 0 Å². The van der Waals surface area contributed by atoms with Gasteiger partial charge in [-0.25, -0.2) is 8.42 Å². The Balaban J connectivity index is 2.08. The fourth-order valence-electron chi connectivity index (χ4n) is 2.49. The highest BCUT2D eigenvalue weighted by Gasteiger charge is 2.23. The summed E-state index contributed by atoms with van der Waals surface area (Å²) in [5, 5.41) is 0. The lowest BCUT2D eigenvalue weighted by Gasteiger charge is -2.11. The zero-order chi connectivity index (χ0) is 12.5. The molecule has 1 aromatic rings. The number of rotatable bonds is 4. The van der Waals surface area contributed by atoms with Crippen LogP contribution in [0.5, 0.6) is 0 Å². The van der Waals surface area contributed by atoms with Crippen molar-refractivity contribution in [2.45, 2.75) is 32.1 Å². The maximum Gasteiger partial charge on any atom is 0.150 e.